The van der Waals surface area contributed by atoms with E-state index in [-0.39, 0.29) is 12.1 Å². The Morgan fingerprint density at radius 2 is 1.92 bits per heavy atom. The minimum atomic E-state index is -1.23. The Balaban J connectivity index is 2.25. The van der Waals surface area contributed by atoms with Gasteiger partial charge in [-0.3, -0.25) is 0 Å². The number of rotatable bonds is 3. The van der Waals surface area contributed by atoms with E-state index in [1.165, 1.54) is 18.2 Å². The van der Waals surface area contributed by atoms with Crippen molar-refractivity contribution in [1.29, 1.82) is 0 Å². The van der Waals surface area contributed by atoms with Gasteiger partial charge in [-0.15, -0.1) is 0 Å². The summed E-state index contributed by atoms with van der Waals surface area (Å²) in [6.07, 6.45) is 0.464. The SMILES string of the molecule is CC(C)(C)OC(=O)NCc1ccc(F)cc1-c1cnc(F)c(F)c1. The maximum absolute atomic E-state index is 13.5. The van der Waals surface area contributed by atoms with Gasteiger partial charge in [0.15, 0.2) is 5.82 Å². The summed E-state index contributed by atoms with van der Waals surface area (Å²) >= 11 is 0. The van der Waals surface area contributed by atoms with Crippen LogP contribution in [0, 0.1) is 17.6 Å². The molecule has 1 aromatic carbocycles. The van der Waals surface area contributed by atoms with Crippen molar-refractivity contribution in [2.45, 2.75) is 32.9 Å². The second kappa shape index (κ2) is 6.90. The normalized spacial score (nSPS) is 11.2. The largest absolute Gasteiger partial charge is 0.444 e. The number of carbonyl (C=O) groups is 1. The number of aromatic nitrogens is 1. The van der Waals surface area contributed by atoms with Crippen molar-refractivity contribution < 1.29 is 22.7 Å². The number of amides is 1. The predicted molar refractivity (Wildman–Crippen MR) is 82.6 cm³/mol. The van der Waals surface area contributed by atoms with Crippen LogP contribution in [-0.4, -0.2) is 16.7 Å². The number of ether oxygens (including phenoxy) is 1. The summed E-state index contributed by atoms with van der Waals surface area (Å²) in [5, 5.41) is 2.54. The minimum Gasteiger partial charge on any atom is -0.444 e. The Morgan fingerprint density at radius 3 is 2.54 bits per heavy atom. The average Bonchev–Trinajstić information content (AvgIpc) is 2.47. The van der Waals surface area contributed by atoms with Crippen molar-refractivity contribution in [3.8, 4) is 11.1 Å². The van der Waals surface area contributed by atoms with Gasteiger partial charge >= 0.3 is 6.09 Å². The van der Waals surface area contributed by atoms with Crippen molar-refractivity contribution in [1.82, 2.24) is 10.3 Å². The smallest absolute Gasteiger partial charge is 0.407 e. The summed E-state index contributed by atoms with van der Waals surface area (Å²) in [4.78, 5) is 15.0. The van der Waals surface area contributed by atoms with Gasteiger partial charge in [-0.25, -0.2) is 18.6 Å². The van der Waals surface area contributed by atoms with E-state index >= 15 is 0 Å². The summed E-state index contributed by atoms with van der Waals surface area (Å²) in [5.41, 5.74) is 0.363. The quantitative estimate of drug-likeness (QED) is 0.854. The zero-order valence-corrected chi connectivity index (χ0v) is 13.5. The molecule has 0 saturated heterocycles. The Bertz CT molecular complexity index is 758. The highest BCUT2D eigenvalue weighted by molar-refractivity contribution is 5.70. The molecule has 0 bridgehead atoms. The third-order valence-electron chi connectivity index (χ3n) is 3.00. The summed E-state index contributed by atoms with van der Waals surface area (Å²) in [6.45, 7) is 5.21. The molecule has 1 aromatic heterocycles. The third kappa shape index (κ3) is 4.71. The maximum Gasteiger partial charge on any atom is 0.407 e. The molecule has 2 rings (SSSR count). The lowest BCUT2D eigenvalue weighted by Gasteiger charge is -2.20. The topological polar surface area (TPSA) is 51.2 Å². The maximum atomic E-state index is 13.5. The van der Waals surface area contributed by atoms with Gasteiger partial charge in [0.25, 0.3) is 0 Å². The van der Waals surface area contributed by atoms with Gasteiger partial charge in [0, 0.05) is 18.3 Å². The van der Waals surface area contributed by atoms with E-state index in [1.54, 1.807) is 20.8 Å². The fourth-order valence-electron chi connectivity index (χ4n) is 2.02. The van der Waals surface area contributed by atoms with Crippen LogP contribution in [0.5, 0.6) is 0 Å². The molecule has 0 aliphatic heterocycles. The third-order valence-corrected chi connectivity index (χ3v) is 3.00. The first kappa shape index (κ1) is 17.8. The minimum absolute atomic E-state index is 0.0313. The van der Waals surface area contributed by atoms with Gasteiger partial charge in [0.1, 0.15) is 11.4 Å². The average molecular weight is 338 g/mol. The monoisotopic (exact) mass is 338 g/mol. The van der Waals surface area contributed by atoms with E-state index in [4.69, 9.17) is 4.74 Å². The highest BCUT2D eigenvalue weighted by atomic mass is 19.2. The van der Waals surface area contributed by atoms with Crippen LogP contribution >= 0.6 is 0 Å². The first-order valence-corrected chi connectivity index (χ1v) is 7.22. The van der Waals surface area contributed by atoms with Crippen LogP contribution in [0.4, 0.5) is 18.0 Å². The first-order chi connectivity index (χ1) is 11.2. The predicted octanol–water partition coefficient (Wildman–Crippen LogP) is 4.19. The summed E-state index contributed by atoms with van der Waals surface area (Å²) in [7, 11) is 0. The van der Waals surface area contributed by atoms with Gasteiger partial charge in [-0.1, -0.05) is 6.07 Å². The van der Waals surface area contributed by atoms with Crippen LogP contribution in [0.25, 0.3) is 11.1 Å². The van der Waals surface area contributed by atoms with Crippen LogP contribution in [0.3, 0.4) is 0 Å². The zero-order chi connectivity index (χ0) is 17.9. The summed E-state index contributed by atoms with van der Waals surface area (Å²) in [6, 6.07) is 4.75. The van der Waals surface area contributed by atoms with Gasteiger partial charge in [-0.05, 0) is 50.1 Å². The van der Waals surface area contributed by atoms with Crippen LogP contribution in [0.1, 0.15) is 26.3 Å². The molecule has 4 nitrogen and oxygen atoms in total. The zero-order valence-electron chi connectivity index (χ0n) is 13.5. The lowest BCUT2D eigenvalue weighted by atomic mass is 10.0. The number of nitrogens with one attached hydrogen (secondary N) is 1. The standard InChI is InChI=1S/C17H17F3N2O2/c1-17(2,3)24-16(23)22-8-10-4-5-12(18)7-13(10)11-6-14(19)15(20)21-9-11/h4-7,9H,8H2,1-3H3,(H,22,23). The molecule has 7 heteroatoms. The van der Waals surface area contributed by atoms with E-state index < -0.39 is 29.3 Å². The van der Waals surface area contributed by atoms with E-state index in [0.717, 1.165) is 12.3 Å². The lowest BCUT2D eigenvalue weighted by Crippen LogP contribution is -2.32. The molecule has 1 amide bonds. The lowest BCUT2D eigenvalue weighted by molar-refractivity contribution is 0.0523. The Kier molecular flexibility index (Phi) is 5.11. The van der Waals surface area contributed by atoms with Crippen molar-refractivity contribution in [2.75, 3.05) is 0 Å². The van der Waals surface area contributed by atoms with Gasteiger partial charge < -0.3 is 10.1 Å². The number of halogens is 3. The van der Waals surface area contributed by atoms with Crippen LogP contribution < -0.4 is 5.32 Å². The highest BCUT2D eigenvalue weighted by Gasteiger charge is 2.17. The first-order valence-electron chi connectivity index (χ1n) is 7.22. The molecule has 1 N–H and O–H groups in total. The molecule has 0 unspecified atom stereocenters. The fraction of sp³-hybridized carbons (Fsp3) is 0.294. The second-order valence-electron chi connectivity index (χ2n) is 6.15. The number of pyridine rings is 1. The molecule has 24 heavy (non-hydrogen) atoms. The second-order valence-corrected chi connectivity index (χ2v) is 6.15. The Morgan fingerprint density at radius 1 is 1.21 bits per heavy atom. The number of nitrogens with zero attached hydrogens (tertiary/aromatic N) is 1. The number of benzene rings is 1. The van der Waals surface area contributed by atoms with Gasteiger partial charge in [0.2, 0.25) is 5.95 Å². The number of hydrogen-bond acceptors (Lipinski definition) is 3. The molecule has 2 aromatic rings. The van der Waals surface area contributed by atoms with Gasteiger partial charge in [0.05, 0.1) is 0 Å². The molecular formula is C17H17F3N2O2. The molecule has 0 radical (unpaired) electrons. The van der Waals surface area contributed by atoms with Crippen molar-refractivity contribution in [2.24, 2.45) is 0 Å². The van der Waals surface area contributed by atoms with E-state index in [2.05, 4.69) is 10.3 Å². The molecule has 0 atom stereocenters. The molecule has 0 aliphatic carbocycles. The molecule has 0 spiro atoms. The molecule has 0 fully saturated rings. The summed E-state index contributed by atoms with van der Waals surface area (Å²) < 4.78 is 45.0. The number of carbonyl (C=O) groups excluding carboxylic acids is 1. The van der Waals surface area contributed by atoms with E-state index in [1.807, 2.05) is 0 Å². The van der Waals surface area contributed by atoms with Crippen LogP contribution in [0.2, 0.25) is 0 Å². The highest BCUT2D eigenvalue weighted by Crippen LogP contribution is 2.25. The Hall–Kier alpha value is -2.57. The fourth-order valence-corrected chi connectivity index (χ4v) is 2.02. The van der Waals surface area contributed by atoms with Crippen molar-refractivity contribution >= 4 is 6.09 Å². The van der Waals surface area contributed by atoms with E-state index in [0.29, 0.717) is 11.1 Å². The molecule has 128 valence electrons. The Labute approximate surface area is 137 Å². The molecular weight excluding hydrogens is 321 g/mol. The summed E-state index contributed by atoms with van der Waals surface area (Å²) in [5.74, 6) is -2.91. The van der Waals surface area contributed by atoms with Crippen LogP contribution in [-0.2, 0) is 11.3 Å². The molecule has 1 heterocycles. The number of alkyl carbamates (subject to hydrolysis) is 1. The molecule has 0 aliphatic rings. The van der Waals surface area contributed by atoms with Gasteiger partial charge in [-0.2, -0.15) is 4.39 Å². The molecule has 0 saturated carbocycles. The van der Waals surface area contributed by atoms with Crippen molar-refractivity contribution in [3.05, 3.63) is 53.6 Å². The van der Waals surface area contributed by atoms with Crippen molar-refractivity contribution in [3.63, 3.8) is 0 Å². The van der Waals surface area contributed by atoms with Crippen LogP contribution in [0.15, 0.2) is 30.5 Å². The van der Waals surface area contributed by atoms with E-state index in [9.17, 15) is 18.0 Å². The number of hydrogen-bond donors (Lipinski definition) is 1.